The van der Waals surface area contributed by atoms with E-state index < -0.39 is 16.1 Å². The van der Waals surface area contributed by atoms with E-state index in [1.807, 2.05) is 13.0 Å². The van der Waals surface area contributed by atoms with Crippen LogP contribution in [0.2, 0.25) is 0 Å². The molecule has 0 amide bonds. The molecule has 5 nitrogen and oxygen atoms in total. The van der Waals surface area contributed by atoms with Gasteiger partial charge in [0, 0.05) is 13.1 Å². The summed E-state index contributed by atoms with van der Waals surface area (Å²) in [6.07, 6.45) is 0.562. The maximum Gasteiger partial charge on any atom is 0.246 e. The molecule has 0 spiro atoms. The summed E-state index contributed by atoms with van der Waals surface area (Å²) in [5.74, 6) is 0.358. The number of hydrogen-bond acceptors (Lipinski definition) is 4. The zero-order chi connectivity index (χ0) is 14.0. The van der Waals surface area contributed by atoms with Gasteiger partial charge in [0.15, 0.2) is 0 Å². The quantitative estimate of drug-likeness (QED) is 0.904. The topological polar surface area (TPSA) is 66.8 Å². The molecule has 0 radical (unpaired) electrons. The molecule has 1 aromatic rings. The minimum Gasteiger partial charge on any atom is -0.495 e. The summed E-state index contributed by atoms with van der Waals surface area (Å²) in [5.41, 5.74) is 0.872. The third-order valence-electron chi connectivity index (χ3n) is 3.36. The van der Waals surface area contributed by atoms with Crippen LogP contribution in [0.15, 0.2) is 23.1 Å². The van der Waals surface area contributed by atoms with Crippen LogP contribution in [0, 0.1) is 6.92 Å². The molecule has 19 heavy (non-hydrogen) atoms. The normalized spacial score (nSPS) is 18.5. The number of benzene rings is 1. The molecule has 1 aromatic carbocycles. The molecule has 0 aliphatic carbocycles. The Labute approximate surface area is 113 Å². The van der Waals surface area contributed by atoms with Crippen LogP contribution in [0.25, 0.3) is 0 Å². The first kappa shape index (κ1) is 14.3. The van der Waals surface area contributed by atoms with E-state index in [0.29, 0.717) is 31.7 Å². The van der Waals surface area contributed by atoms with Crippen molar-refractivity contribution < 1.29 is 18.3 Å². The number of rotatable bonds is 3. The van der Waals surface area contributed by atoms with Crippen molar-refractivity contribution in [2.45, 2.75) is 30.8 Å². The first-order valence-corrected chi connectivity index (χ1v) is 7.72. The summed E-state index contributed by atoms with van der Waals surface area (Å²) in [5, 5.41) is 9.46. The fourth-order valence-corrected chi connectivity index (χ4v) is 3.92. The van der Waals surface area contributed by atoms with Crippen molar-refractivity contribution in [2.24, 2.45) is 0 Å². The number of aryl methyl sites for hydroxylation is 1. The number of aliphatic hydroxyl groups excluding tert-OH is 1. The highest BCUT2D eigenvalue weighted by atomic mass is 32.2. The minimum atomic E-state index is -3.55. The highest BCUT2D eigenvalue weighted by molar-refractivity contribution is 7.89. The lowest BCUT2D eigenvalue weighted by molar-refractivity contribution is 0.113. The lowest BCUT2D eigenvalue weighted by Gasteiger charge is -2.29. The number of nitrogens with zero attached hydrogens (tertiary/aromatic N) is 1. The van der Waals surface area contributed by atoms with Crippen LogP contribution in [-0.2, 0) is 10.0 Å². The van der Waals surface area contributed by atoms with Gasteiger partial charge in [-0.2, -0.15) is 4.31 Å². The second-order valence-corrected chi connectivity index (χ2v) is 6.70. The molecule has 0 atom stereocenters. The van der Waals surface area contributed by atoms with Gasteiger partial charge in [0.1, 0.15) is 10.6 Å². The SMILES string of the molecule is COc1ccc(C)cc1S(=O)(=O)N1CCC(O)CC1. The lowest BCUT2D eigenvalue weighted by atomic mass is 10.1. The molecule has 1 aliphatic heterocycles. The largest absolute Gasteiger partial charge is 0.495 e. The number of hydrogen-bond donors (Lipinski definition) is 1. The van der Waals surface area contributed by atoms with Crippen molar-refractivity contribution in [3.05, 3.63) is 23.8 Å². The lowest BCUT2D eigenvalue weighted by Crippen LogP contribution is -2.40. The fourth-order valence-electron chi connectivity index (χ4n) is 2.21. The van der Waals surface area contributed by atoms with E-state index in [2.05, 4.69) is 0 Å². The van der Waals surface area contributed by atoms with Gasteiger partial charge >= 0.3 is 0 Å². The molecule has 1 aliphatic rings. The van der Waals surface area contributed by atoms with E-state index in [-0.39, 0.29) is 4.90 Å². The van der Waals surface area contributed by atoms with Crippen LogP contribution < -0.4 is 4.74 Å². The molecule has 0 aromatic heterocycles. The van der Waals surface area contributed by atoms with Crippen molar-refractivity contribution in [3.8, 4) is 5.75 Å². The molecule has 1 saturated heterocycles. The summed E-state index contributed by atoms with van der Waals surface area (Å²) in [6, 6.07) is 5.11. The second kappa shape index (κ2) is 5.48. The molecule has 106 valence electrons. The molecule has 1 N–H and O–H groups in total. The van der Waals surface area contributed by atoms with Crippen molar-refractivity contribution in [3.63, 3.8) is 0 Å². The predicted octanol–water partition coefficient (Wildman–Crippen LogP) is 1.15. The van der Waals surface area contributed by atoms with Gasteiger partial charge in [-0.3, -0.25) is 0 Å². The highest BCUT2D eigenvalue weighted by Gasteiger charge is 2.30. The molecular formula is C13H19NO4S. The molecule has 0 unspecified atom stereocenters. The van der Waals surface area contributed by atoms with Crippen LogP contribution in [0.3, 0.4) is 0 Å². The molecule has 2 rings (SSSR count). The van der Waals surface area contributed by atoms with Gasteiger partial charge in [-0.05, 0) is 37.5 Å². The Morgan fingerprint density at radius 1 is 1.32 bits per heavy atom. The van der Waals surface area contributed by atoms with E-state index in [1.165, 1.54) is 11.4 Å². The molecule has 6 heteroatoms. The maximum atomic E-state index is 12.6. The van der Waals surface area contributed by atoms with Crippen LogP contribution in [0.4, 0.5) is 0 Å². The fraction of sp³-hybridized carbons (Fsp3) is 0.538. The van der Waals surface area contributed by atoms with Crippen LogP contribution in [0.5, 0.6) is 5.75 Å². The number of ether oxygens (including phenoxy) is 1. The van der Waals surface area contributed by atoms with Gasteiger partial charge in [0.05, 0.1) is 13.2 Å². The van der Waals surface area contributed by atoms with Gasteiger partial charge in [0.2, 0.25) is 10.0 Å². The van der Waals surface area contributed by atoms with E-state index >= 15 is 0 Å². The average Bonchev–Trinajstić information content (AvgIpc) is 2.39. The standard InChI is InChI=1S/C13H19NO4S/c1-10-3-4-12(18-2)13(9-10)19(16,17)14-7-5-11(15)6-8-14/h3-4,9,11,15H,5-8H2,1-2H3. The number of aliphatic hydroxyl groups is 1. The summed E-state index contributed by atoms with van der Waals surface area (Å²) in [6.45, 7) is 2.54. The summed E-state index contributed by atoms with van der Waals surface area (Å²) in [7, 11) is -2.09. The Morgan fingerprint density at radius 2 is 1.95 bits per heavy atom. The average molecular weight is 285 g/mol. The van der Waals surface area contributed by atoms with Gasteiger partial charge < -0.3 is 9.84 Å². The molecular weight excluding hydrogens is 266 g/mol. The number of methoxy groups -OCH3 is 1. The first-order chi connectivity index (χ1) is 8.95. The Balaban J connectivity index is 2.36. The third-order valence-corrected chi connectivity index (χ3v) is 5.28. The molecule has 1 fully saturated rings. The van der Waals surface area contributed by atoms with E-state index in [9.17, 15) is 13.5 Å². The first-order valence-electron chi connectivity index (χ1n) is 6.28. The second-order valence-electron chi connectivity index (χ2n) is 4.79. The van der Waals surface area contributed by atoms with Crippen LogP contribution in [-0.4, -0.2) is 44.1 Å². The maximum absolute atomic E-state index is 12.6. The Hall–Kier alpha value is -1.11. The zero-order valence-electron chi connectivity index (χ0n) is 11.2. The van der Waals surface area contributed by atoms with Crippen LogP contribution in [0.1, 0.15) is 18.4 Å². The smallest absolute Gasteiger partial charge is 0.246 e. The van der Waals surface area contributed by atoms with Gasteiger partial charge in [-0.1, -0.05) is 6.07 Å². The van der Waals surface area contributed by atoms with Crippen molar-refractivity contribution in [1.29, 1.82) is 0 Å². The molecule has 0 bridgehead atoms. The van der Waals surface area contributed by atoms with Gasteiger partial charge in [-0.15, -0.1) is 0 Å². The number of sulfonamides is 1. The zero-order valence-corrected chi connectivity index (χ0v) is 12.0. The monoisotopic (exact) mass is 285 g/mol. The Kier molecular flexibility index (Phi) is 4.13. The summed E-state index contributed by atoms with van der Waals surface area (Å²) in [4.78, 5) is 0.200. The van der Waals surface area contributed by atoms with Crippen molar-refractivity contribution in [2.75, 3.05) is 20.2 Å². The summed E-state index contributed by atoms with van der Waals surface area (Å²) < 4.78 is 31.7. The summed E-state index contributed by atoms with van der Waals surface area (Å²) >= 11 is 0. The third kappa shape index (κ3) is 2.91. The predicted molar refractivity (Wildman–Crippen MR) is 71.7 cm³/mol. The highest BCUT2D eigenvalue weighted by Crippen LogP contribution is 2.29. The van der Waals surface area contributed by atoms with Crippen LogP contribution >= 0.6 is 0 Å². The van der Waals surface area contributed by atoms with Gasteiger partial charge in [0.25, 0.3) is 0 Å². The van der Waals surface area contributed by atoms with Crippen molar-refractivity contribution in [1.82, 2.24) is 4.31 Å². The van der Waals surface area contributed by atoms with Gasteiger partial charge in [-0.25, -0.2) is 8.42 Å². The van der Waals surface area contributed by atoms with E-state index in [4.69, 9.17) is 4.74 Å². The van der Waals surface area contributed by atoms with E-state index in [0.717, 1.165) is 5.56 Å². The number of piperidine rings is 1. The molecule has 0 saturated carbocycles. The molecule has 1 heterocycles. The minimum absolute atomic E-state index is 0.200. The van der Waals surface area contributed by atoms with E-state index in [1.54, 1.807) is 12.1 Å². The Morgan fingerprint density at radius 3 is 2.53 bits per heavy atom. The van der Waals surface area contributed by atoms with Crippen molar-refractivity contribution >= 4 is 10.0 Å². The Bertz CT molecular complexity index is 548.